The normalized spacial score (nSPS) is 15.9. The van der Waals surface area contributed by atoms with Gasteiger partial charge in [0.25, 0.3) is 0 Å². The number of nitrogens with one attached hydrogen (secondary N) is 3. The molecule has 0 unspecified atom stereocenters. The zero-order chi connectivity index (χ0) is 77.4. The maximum absolute atomic E-state index is 14.9. The van der Waals surface area contributed by atoms with Crippen LogP contribution >= 0.6 is 0 Å². The third kappa shape index (κ3) is 28.2. The molecule has 4 N–H and O–H groups in total. The highest BCUT2D eigenvalue weighted by molar-refractivity contribution is 5.99. The zero-order valence-corrected chi connectivity index (χ0v) is 65.6. The number of allylic oxidation sites excluding steroid dienone is 2. The monoisotopic (exact) mass is 1400 g/mol. The van der Waals surface area contributed by atoms with Crippen LogP contribution in [0.3, 0.4) is 0 Å². The smallest absolute Gasteiger partial charge is 0.410 e. The summed E-state index contributed by atoms with van der Waals surface area (Å²) in [7, 11) is 11.1. The van der Waals surface area contributed by atoms with Gasteiger partial charge in [-0.3, -0.25) is 52.8 Å². The van der Waals surface area contributed by atoms with Gasteiger partial charge in [-0.05, 0) is 109 Å². The Morgan fingerprint density at radius 3 is 1.48 bits per heavy atom. The molecule has 0 aromatic carbocycles. The molecule has 26 nitrogen and oxygen atoms in total. The largest absolute Gasteiger partial charge is 0.467 e. The number of rotatable bonds is 41. The lowest BCUT2D eigenvalue weighted by molar-refractivity contribution is -0.155. The zero-order valence-electron chi connectivity index (χ0n) is 65.6. The van der Waals surface area contributed by atoms with Crippen molar-refractivity contribution < 1.29 is 81.6 Å². The number of alkyl carbamates (subject to hydrolysis) is 1. The predicted octanol–water partition coefficient (Wildman–Crippen LogP) is 7.49. The summed E-state index contributed by atoms with van der Waals surface area (Å²) in [6.07, 6.45) is 0.662. The van der Waals surface area contributed by atoms with Crippen molar-refractivity contribution in [3.63, 3.8) is 0 Å². The third-order valence-electron chi connectivity index (χ3n) is 18.3. The Morgan fingerprint density at radius 2 is 1.04 bits per heavy atom. The Kier molecular flexibility index (Phi) is 38.7. The second-order valence-corrected chi connectivity index (χ2v) is 30.7. The van der Waals surface area contributed by atoms with E-state index in [4.69, 9.17) is 14.2 Å². The van der Waals surface area contributed by atoms with E-state index in [-0.39, 0.29) is 62.9 Å². The van der Waals surface area contributed by atoms with Gasteiger partial charge in [0.1, 0.15) is 42.4 Å². The van der Waals surface area contributed by atoms with Crippen LogP contribution in [0.15, 0.2) is 12.2 Å². The van der Waals surface area contributed by atoms with Crippen LogP contribution in [-0.4, -0.2) is 234 Å². The van der Waals surface area contributed by atoms with Crippen molar-refractivity contribution in [2.24, 2.45) is 58.7 Å². The molecule has 13 atom stereocenters. The predicted molar refractivity (Wildman–Crippen MR) is 380 cm³/mol. The second kappa shape index (κ2) is 41.7. The highest BCUT2D eigenvalue weighted by Gasteiger charge is 2.47. The molecule has 0 heterocycles. The lowest BCUT2D eigenvalue weighted by atomic mass is 9.77. The van der Waals surface area contributed by atoms with Gasteiger partial charge in [-0.25, -0.2) is 14.4 Å². The molecule has 99 heavy (non-hydrogen) atoms. The molecule has 0 aromatic rings. The number of amides is 9. The number of aliphatic hydroxyl groups excluding tert-OH is 1. The number of likely N-dealkylation sites (N-methyl/N-ethyl adjacent to an activating group) is 6. The first kappa shape index (κ1) is 92.0. The fourth-order valence-corrected chi connectivity index (χ4v) is 12.3. The molecule has 568 valence electrons. The van der Waals surface area contributed by atoms with Crippen LogP contribution < -0.4 is 16.0 Å². The number of carbonyl (C=O) groups excluding carboxylic acids is 13. The average Bonchev–Trinajstić information content (AvgIpc) is 0.803. The number of ketones is 3. The maximum Gasteiger partial charge on any atom is 0.410 e. The topological polar surface area (TPSA) is 325 Å². The molecule has 9 amide bonds. The van der Waals surface area contributed by atoms with Gasteiger partial charge in [0.15, 0.2) is 17.3 Å². The number of methoxy groups -OCH3 is 1. The van der Waals surface area contributed by atoms with Crippen molar-refractivity contribution in [3.8, 4) is 0 Å². The summed E-state index contributed by atoms with van der Waals surface area (Å²) in [5.41, 5.74) is -2.13. The van der Waals surface area contributed by atoms with Gasteiger partial charge in [0.2, 0.25) is 41.4 Å². The average molecular weight is 1400 g/mol. The van der Waals surface area contributed by atoms with Gasteiger partial charge in [-0.1, -0.05) is 116 Å². The summed E-state index contributed by atoms with van der Waals surface area (Å²) in [5.74, 6) is -11.6. The Morgan fingerprint density at radius 1 is 0.545 bits per heavy atom. The minimum Gasteiger partial charge on any atom is -0.467 e. The highest BCUT2D eigenvalue weighted by atomic mass is 16.6. The first-order valence-corrected chi connectivity index (χ1v) is 35.1. The van der Waals surface area contributed by atoms with Crippen LogP contribution in [0.5, 0.6) is 0 Å². The summed E-state index contributed by atoms with van der Waals surface area (Å²) in [4.78, 5) is 191. The summed E-state index contributed by atoms with van der Waals surface area (Å²) >= 11 is 0. The number of hydrogen-bond donors (Lipinski definition) is 4. The molecule has 0 bridgehead atoms. The fourth-order valence-electron chi connectivity index (χ4n) is 12.3. The standard InChI is InChI=1S/C73H129N9O17/c1-30-32-33-46(13)60(86)59(63(88)76-52(31-2)69(94)97-29)81(27)68(93)58(45(11)12)80(26)66(91)50(34-41(3)4)38-56(84)54(36-43(7)8)78(24)64(89)48(15)75-62(87)47(14)37-55(83)53(35-42(5)6)79(25)67(92)51(44(9)10)39-57(85)61(73(20,21)40-98-70(95)74-22)82(28)65(90)49(16)77(23)71(96)99-72(17,18)19/h30,32,41-54,58-61,86H,31,33-40H2,1-29H3,(H,74,95)(H,75,87)(H,76,88)/b32-30+/t46-,47-,48-,49-,50-,51+,52+,53+,54+,58+,59+,60-,61-/m1/s1. The van der Waals surface area contributed by atoms with E-state index in [1.165, 1.54) is 96.8 Å². The second-order valence-electron chi connectivity index (χ2n) is 30.7. The third-order valence-corrected chi connectivity index (χ3v) is 18.3. The molecule has 0 fully saturated rings. The molecule has 0 radical (unpaired) electrons. The molecule has 0 spiro atoms. The summed E-state index contributed by atoms with van der Waals surface area (Å²) < 4.78 is 15.8. The maximum atomic E-state index is 14.9. The van der Waals surface area contributed by atoms with E-state index >= 15 is 0 Å². The van der Waals surface area contributed by atoms with E-state index < -0.39 is 184 Å². The van der Waals surface area contributed by atoms with Crippen molar-refractivity contribution in [3.05, 3.63) is 12.2 Å². The van der Waals surface area contributed by atoms with Crippen molar-refractivity contribution in [1.82, 2.24) is 45.3 Å². The van der Waals surface area contributed by atoms with E-state index in [1.54, 1.807) is 82.2 Å². The summed E-state index contributed by atoms with van der Waals surface area (Å²) in [6, 6.07) is -9.55. The SMILES string of the molecule is C/C=C/C[C@@H](C)[C@@H](O)[C@@H](C(=O)N[C@@H](CC)C(=O)OC)N(C)C(=O)[C@H](C(C)C)N(C)C(=O)[C@@H](CC(=O)[C@H](CC(C)C)N(C)C(=O)[C@@H](C)NC(=O)[C@H](C)CC(=O)[C@H](CC(C)C)N(C)C(=O)[C@@H](CC(=O)[C@@H](N(C)C(=O)[C@@H](C)N(C)C(=O)OC(C)(C)C)C(C)(C)COC(=O)NC)C(C)C)CC(C)C. The summed E-state index contributed by atoms with van der Waals surface area (Å²) in [5, 5.41) is 19.5. The first-order valence-electron chi connectivity index (χ1n) is 35.1. The lowest BCUT2D eigenvalue weighted by Crippen LogP contribution is -2.62. The Labute approximate surface area is 592 Å². The molecule has 0 aliphatic carbocycles. The van der Waals surface area contributed by atoms with E-state index in [9.17, 15) is 67.4 Å². The minimum atomic E-state index is -1.50. The number of nitrogens with zero attached hydrogens (tertiary/aromatic N) is 6. The van der Waals surface area contributed by atoms with E-state index in [2.05, 4.69) is 16.0 Å². The van der Waals surface area contributed by atoms with Crippen LogP contribution in [0.4, 0.5) is 9.59 Å². The van der Waals surface area contributed by atoms with Crippen LogP contribution in [0.2, 0.25) is 0 Å². The molecule has 0 aliphatic rings. The van der Waals surface area contributed by atoms with Crippen LogP contribution in [0.1, 0.15) is 197 Å². The Bertz CT molecular complexity index is 2760. The van der Waals surface area contributed by atoms with Gasteiger partial charge in [-0.2, -0.15) is 0 Å². The molecular formula is C73H129N9O17. The minimum absolute atomic E-state index is 0.119. The van der Waals surface area contributed by atoms with Crippen LogP contribution in [0, 0.1) is 58.7 Å². The number of esters is 1. The van der Waals surface area contributed by atoms with E-state index in [1.807, 2.05) is 54.5 Å². The molecule has 0 aliphatic heterocycles. The van der Waals surface area contributed by atoms with Gasteiger partial charge in [0.05, 0.1) is 31.3 Å². The molecule has 0 saturated heterocycles. The molecule has 0 rings (SSSR count). The lowest BCUT2D eigenvalue weighted by Gasteiger charge is -2.41. The summed E-state index contributed by atoms with van der Waals surface area (Å²) in [6.45, 7) is 35.9. The van der Waals surface area contributed by atoms with Crippen LogP contribution in [0.25, 0.3) is 0 Å². The number of Topliss-reactive ketones (excluding diaryl/α,β-unsaturated/α-hetero) is 3. The van der Waals surface area contributed by atoms with Gasteiger partial charge >= 0.3 is 18.2 Å². The quantitative estimate of drug-likeness (QED) is 0.0262. The Hall–Kier alpha value is -6.99. The number of hydrogen-bond acceptors (Lipinski definition) is 17. The van der Waals surface area contributed by atoms with Gasteiger partial charge in [-0.15, -0.1) is 0 Å². The number of aliphatic hydroxyl groups is 1. The number of ether oxygens (including phenoxy) is 3. The fraction of sp³-hybridized carbons (Fsp3) is 0.795. The van der Waals surface area contributed by atoms with Gasteiger partial charge < -0.3 is 59.8 Å². The van der Waals surface area contributed by atoms with Crippen molar-refractivity contribution in [2.45, 2.75) is 257 Å². The molecule has 0 saturated carbocycles. The molecule has 26 heteroatoms. The Balaban J connectivity index is 7.03. The molecular weight excluding hydrogens is 1270 g/mol. The van der Waals surface area contributed by atoms with E-state index in [0.29, 0.717) is 6.42 Å². The van der Waals surface area contributed by atoms with Crippen molar-refractivity contribution >= 4 is 76.9 Å². The first-order chi connectivity index (χ1) is 45.4. The van der Waals surface area contributed by atoms with E-state index in [0.717, 1.165) is 9.80 Å². The van der Waals surface area contributed by atoms with Crippen molar-refractivity contribution in [1.29, 1.82) is 0 Å². The van der Waals surface area contributed by atoms with Gasteiger partial charge in [0, 0.05) is 91.8 Å². The number of carbonyl (C=O) groups is 13. The molecule has 0 aromatic heterocycles. The highest BCUT2D eigenvalue weighted by Crippen LogP contribution is 2.33. The van der Waals surface area contributed by atoms with Crippen LogP contribution in [-0.2, 0) is 67.0 Å². The van der Waals surface area contributed by atoms with Crippen molar-refractivity contribution in [2.75, 3.05) is 63.1 Å².